The van der Waals surface area contributed by atoms with E-state index in [9.17, 15) is 35.7 Å². The van der Waals surface area contributed by atoms with Crippen LogP contribution in [0, 0.1) is 46.3 Å². The van der Waals surface area contributed by atoms with Crippen LogP contribution in [0.25, 0.3) is 0 Å². The smallest absolute Gasteiger partial charge is 0.197 e. The molecule has 0 aromatic rings. The summed E-state index contributed by atoms with van der Waals surface area (Å²) in [6.07, 6.45) is -4.38. The number of hydrogen-bond donors (Lipinski definition) is 7. The van der Waals surface area contributed by atoms with Gasteiger partial charge in [0.05, 0.1) is 31.5 Å². The number of allylic oxidation sites excluding steroid dienone is 1. The molecule has 7 N–H and O–H groups in total. The lowest BCUT2D eigenvalue weighted by Gasteiger charge is -2.59. The van der Waals surface area contributed by atoms with Gasteiger partial charge >= 0.3 is 0 Å². The molecule has 296 valence electrons. The molecule has 0 aromatic carbocycles. The zero-order valence-electron chi connectivity index (χ0n) is 31.2. The van der Waals surface area contributed by atoms with Crippen LogP contribution in [0.15, 0.2) is 11.6 Å². The van der Waals surface area contributed by atoms with Gasteiger partial charge in [0.1, 0.15) is 48.8 Å². The van der Waals surface area contributed by atoms with E-state index in [4.69, 9.17) is 28.4 Å². The van der Waals surface area contributed by atoms with E-state index in [-0.39, 0.29) is 29.0 Å². The van der Waals surface area contributed by atoms with Gasteiger partial charge in [-0.15, -0.1) is 0 Å². The molecule has 0 radical (unpaired) electrons. The van der Waals surface area contributed by atoms with E-state index < -0.39 is 79.9 Å². The number of ether oxygens (including phenoxy) is 6. The van der Waals surface area contributed by atoms with Crippen molar-refractivity contribution in [2.45, 2.75) is 171 Å². The van der Waals surface area contributed by atoms with Gasteiger partial charge in [0.2, 0.25) is 0 Å². The van der Waals surface area contributed by atoms with Crippen molar-refractivity contribution >= 4 is 0 Å². The van der Waals surface area contributed by atoms with E-state index >= 15 is 0 Å². The SMILES string of the molecule is CC1COC2(OC3CC4C5CC=C6CC(OC7OC(CO)C(OC8OC(C)C(O)C(O)C8O)C(O)C7O)CCC6(C)C5CCC4(C)C3C2C)C(O)C1. The third kappa shape index (κ3) is 5.74. The molecule has 0 amide bonds. The lowest BCUT2D eigenvalue weighted by Crippen LogP contribution is -2.64. The minimum absolute atomic E-state index is 0.0303. The Bertz CT molecular complexity index is 1350. The molecule has 0 aromatic heterocycles. The van der Waals surface area contributed by atoms with Crippen molar-refractivity contribution < 1.29 is 64.2 Å². The second-order valence-corrected chi connectivity index (χ2v) is 18.4. The van der Waals surface area contributed by atoms with Gasteiger partial charge in [0.15, 0.2) is 18.4 Å². The maximum Gasteiger partial charge on any atom is 0.197 e. The molecule has 22 unspecified atom stereocenters. The standard InChI is InChI=1S/C39H62O13/c1-17-12-27(41)39(47-16-17)18(2)28-25(52-39)14-24-22-7-6-20-13-21(8-10-37(20,4)23(22)9-11-38(24,28)5)49-36-33(46)31(44)34(26(15-40)50-36)51-35-32(45)30(43)29(42)19(3)48-35/h6,17-19,21-36,40-46H,7-16H2,1-5H3. The maximum atomic E-state index is 11.2. The quantitative estimate of drug-likeness (QED) is 0.200. The maximum absolute atomic E-state index is 11.2. The predicted octanol–water partition coefficient (Wildman–Crippen LogP) is 1.36. The van der Waals surface area contributed by atoms with Crippen LogP contribution in [-0.2, 0) is 28.4 Å². The lowest BCUT2D eigenvalue weighted by molar-refractivity contribution is -0.360. The molecule has 4 heterocycles. The highest BCUT2D eigenvalue weighted by atomic mass is 16.7. The Hall–Kier alpha value is -0.780. The van der Waals surface area contributed by atoms with E-state index in [0.29, 0.717) is 49.0 Å². The van der Waals surface area contributed by atoms with Crippen LogP contribution < -0.4 is 0 Å². The fourth-order valence-corrected chi connectivity index (χ4v) is 12.7. The molecule has 8 aliphatic rings. The molecule has 4 aliphatic carbocycles. The van der Waals surface area contributed by atoms with Crippen molar-refractivity contribution in [3.63, 3.8) is 0 Å². The van der Waals surface area contributed by atoms with Crippen LogP contribution in [0.2, 0.25) is 0 Å². The predicted molar refractivity (Wildman–Crippen MR) is 183 cm³/mol. The number of aliphatic hydroxyl groups excluding tert-OH is 7. The normalized spacial score (nSPS) is 58.9. The van der Waals surface area contributed by atoms with Gasteiger partial charge in [0.25, 0.3) is 0 Å². The summed E-state index contributed by atoms with van der Waals surface area (Å²) in [5.41, 5.74) is 1.54. The summed E-state index contributed by atoms with van der Waals surface area (Å²) in [6, 6.07) is 0. The monoisotopic (exact) mass is 738 g/mol. The first-order chi connectivity index (χ1) is 24.6. The summed E-state index contributed by atoms with van der Waals surface area (Å²) in [6.45, 7) is 10.9. The van der Waals surface area contributed by atoms with Crippen LogP contribution in [0.5, 0.6) is 0 Å². The summed E-state index contributed by atoms with van der Waals surface area (Å²) in [5.74, 6) is 1.57. The van der Waals surface area contributed by atoms with Crippen LogP contribution in [0.3, 0.4) is 0 Å². The first-order valence-electron chi connectivity index (χ1n) is 19.9. The Kier molecular flexibility index (Phi) is 10.0. The van der Waals surface area contributed by atoms with Gasteiger partial charge in [-0.25, -0.2) is 0 Å². The van der Waals surface area contributed by atoms with E-state index in [1.54, 1.807) is 0 Å². The molecule has 22 atom stereocenters. The van der Waals surface area contributed by atoms with Gasteiger partial charge in [-0.2, -0.15) is 0 Å². The van der Waals surface area contributed by atoms with Gasteiger partial charge in [0, 0.05) is 5.92 Å². The zero-order valence-corrected chi connectivity index (χ0v) is 31.2. The van der Waals surface area contributed by atoms with Crippen LogP contribution in [0.1, 0.15) is 86.0 Å². The highest BCUT2D eigenvalue weighted by molar-refractivity contribution is 5.26. The van der Waals surface area contributed by atoms with Gasteiger partial charge in [-0.05, 0) is 98.7 Å². The third-order valence-corrected chi connectivity index (χ3v) is 15.6. The average molecular weight is 739 g/mol. The topological polar surface area (TPSA) is 197 Å². The minimum atomic E-state index is -1.62. The summed E-state index contributed by atoms with van der Waals surface area (Å²) in [7, 11) is 0. The lowest BCUT2D eigenvalue weighted by atomic mass is 9.47. The van der Waals surface area contributed by atoms with Crippen molar-refractivity contribution in [2.24, 2.45) is 46.3 Å². The molecule has 52 heavy (non-hydrogen) atoms. The summed E-state index contributed by atoms with van der Waals surface area (Å²) in [5, 5.41) is 74.3. The van der Waals surface area contributed by atoms with E-state index in [1.165, 1.54) is 12.5 Å². The Morgan fingerprint density at radius 3 is 2.29 bits per heavy atom. The minimum Gasteiger partial charge on any atom is -0.394 e. The molecule has 4 aliphatic heterocycles. The van der Waals surface area contributed by atoms with Crippen LogP contribution in [-0.4, -0.2) is 134 Å². The van der Waals surface area contributed by atoms with Crippen LogP contribution in [0.4, 0.5) is 0 Å². The molecular weight excluding hydrogens is 676 g/mol. The Balaban J connectivity index is 0.919. The van der Waals surface area contributed by atoms with E-state index in [0.717, 1.165) is 38.5 Å². The first kappa shape index (κ1) is 38.1. The summed E-state index contributed by atoms with van der Waals surface area (Å²) < 4.78 is 36.8. The molecule has 0 bridgehead atoms. The van der Waals surface area contributed by atoms with Crippen molar-refractivity contribution in [1.29, 1.82) is 0 Å². The van der Waals surface area contributed by atoms with Crippen molar-refractivity contribution in [1.82, 2.24) is 0 Å². The van der Waals surface area contributed by atoms with Gasteiger partial charge in [-0.1, -0.05) is 39.3 Å². The summed E-state index contributed by atoms with van der Waals surface area (Å²) in [4.78, 5) is 0. The molecule has 3 saturated carbocycles. The highest BCUT2D eigenvalue weighted by Gasteiger charge is 2.70. The number of rotatable bonds is 5. The Morgan fingerprint density at radius 2 is 1.56 bits per heavy atom. The van der Waals surface area contributed by atoms with Crippen LogP contribution >= 0.6 is 0 Å². The third-order valence-electron chi connectivity index (χ3n) is 15.6. The number of aliphatic hydroxyl groups is 7. The zero-order chi connectivity index (χ0) is 37.1. The first-order valence-corrected chi connectivity index (χ1v) is 19.9. The second-order valence-electron chi connectivity index (χ2n) is 18.4. The van der Waals surface area contributed by atoms with Crippen molar-refractivity contribution in [2.75, 3.05) is 13.2 Å². The van der Waals surface area contributed by atoms with Crippen molar-refractivity contribution in [3.8, 4) is 0 Å². The molecule has 13 heteroatoms. The van der Waals surface area contributed by atoms with E-state index in [1.807, 2.05) is 0 Å². The second kappa shape index (κ2) is 13.7. The number of fused-ring (bicyclic) bond motifs is 7. The van der Waals surface area contributed by atoms with Crippen molar-refractivity contribution in [3.05, 3.63) is 11.6 Å². The summed E-state index contributed by atoms with van der Waals surface area (Å²) >= 11 is 0. The molecule has 13 nitrogen and oxygen atoms in total. The van der Waals surface area contributed by atoms with E-state index in [2.05, 4.69) is 33.8 Å². The number of hydrogen-bond acceptors (Lipinski definition) is 13. The molecular formula is C39H62O13. The molecule has 4 saturated heterocycles. The molecule has 7 fully saturated rings. The largest absolute Gasteiger partial charge is 0.394 e. The average Bonchev–Trinajstić information content (AvgIpc) is 3.57. The Labute approximate surface area is 306 Å². The molecule has 8 rings (SSSR count). The fraction of sp³-hybridized carbons (Fsp3) is 0.949. The van der Waals surface area contributed by atoms with Gasteiger partial charge < -0.3 is 64.2 Å². The fourth-order valence-electron chi connectivity index (χ4n) is 12.7. The Morgan fingerprint density at radius 1 is 0.827 bits per heavy atom. The van der Waals surface area contributed by atoms with Gasteiger partial charge in [-0.3, -0.25) is 0 Å². The molecule has 1 spiro atoms. The highest BCUT2D eigenvalue weighted by Crippen LogP contribution is 2.70.